The topological polar surface area (TPSA) is 123 Å². The Morgan fingerprint density at radius 2 is 2.11 bits per heavy atom. The average molecular weight is 527 g/mol. The minimum atomic E-state index is -0.310. The van der Waals surface area contributed by atoms with Crippen molar-refractivity contribution in [2.24, 2.45) is 5.92 Å². The minimum Gasteiger partial charge on any atom is -0.488 e. The van der Waals surface area contributed by atoms with Crippen molar-refractivity contribution in [2.75, 3.05) is 32.1 Å². The molecule has 4 rings (SSSR count). The zero-order chi connectivity index (χ0) is 27.1. The molecule has 0 spiro atoms. The molecule has 1 aliphatic carbocycles. The number of nitrogens with one attached hydrogen (secondary N) is 3. The van der Waals surface area contributed by atoms with E-state index in [0.717, 1.165) is 31.5 Å². The molecule has 10 nitrogen and oxygen atoms in total. The zero-order valence-corrected chi connectivity index (χ0v) is 22.8. The predicted octanol–water partition coefficient (Wildman–Crippen LogP) is 3.14. The van der Waals surface area contributed by atoms with E-state index in [0.29, 0.717) is 36.6 Å². The number of amides is 3. The van der Waals surface area contributed by atoms with Crippen LogP contribution in [-0.2, 0) is 17.8 Å². The van der Waals surface area contributed by atoms with Gasteiger partial charge in [-0.25, -0.2) is 9.78 Å². The number of aromatic nitrogens is 2. The first-order valence-electron chi connectivity index (χ1n) is 13.8. The van der Waals surface area contributed by atoms with Gasteiger partial charge in [0.2, 0.25) is 5.91 Å². The summed E-state index contributed by atoms with van der Waals surface area (Å²) < 4.78 is 6.57. The maximum absolute atomic E-state index is 13.4. The van der Waals surface area contributed by atoms with Gasteiger partial charge in [-0.2, -0.15) is 0 Å². The number of likely N-dealkylation sites (N-methyl/N-ethyl adjacent to an activating group) is 1. The summed E-state index contributed by atoms with van der Waals surface area (Å²) in [5.41, 5.74) is 1.34. The molecule has 0 radical (unpaired) electrons. The Bertz CT molecular complexity index is 1060. The largest absolute Gasteiger partial charge is 0.488 e. The van der Waals surface area contributed by atoms with E-state index in [2.05, 4.69) is 32.4 Å². The molecule has 1 fully saturated rings. The molecule has 208 valence electrons. The van der Waals surface area contributed by atoms with Crippen LogP contribution in [0.2, 0.25) is 0 Å². The number of H-pyrrole nitrogens is 1. The smallest absolute Gasteiger partial charge is 0.319 e. The molecule has 1 saturated carbocycles. The van der Waals surface area contributed by atoms with Crippen LogP contribution in [0.4, 0.5) is 10.5 Å². The second-order valence-corrected chi connectivity index (χ2v) is 10.9. The molecule has 0 bridgehead atoms. The first kappa shape index (κ1) is 27.9. The number of ether oxygens (including phenoxy) is 1. The molecule has 10 heteroatoms. The number of hydrogen-bond acceptors (Lipinski definition) is 6. The summed E-state index contributed by atoms with van der Waals surface area (Å²) in [4.78, 5) is 37.4. The number of fused-ring (bicyclic) bond motifs is 1. The first-order valence-corrected chi connectivity index (χ1v) is 13.8. The summed E-state index contributed by atoms with van der Waals surface area (Å²) in [6, 6.07) is 5.16. The van der Waals surface area contributed by atoms with E-state index < -0.39 is 0 Å². The molecular weight excluding hydrogens is 484 g/mol. The van der Waals surface area contributed by atoms with Gasteiger partial charge in [-0.05, 0) is 45.0 Å². The van der Waals surface area contributed by atoms with E-state index in [1.165, 1.54) is 6.42 Å². The van der Waals surface area contributed by atoms with Gasteiger partial charge in [0.05, 0.1) is 25.6 Å². The number of anilines is 1. The summed E-state index contributed by atoms with van der Waals surface area (Å²) in [6.45, 7) is 5.56. The van der Waals surface area contributed by atoms with Crippen molar-refractivity contribution in [2.45, 2.75) is 77.1 Å². The van der Waals surface area contributed by atoms with E-state index in [9.17, 15) is 14.7 Å². The SMILES string of the molecule is CC1CN(C(C)CO)C(=O)Cc2cc(NC(=O)NC3CCCCC3)ccc2OC1CN(C)Cc1ncc[nH]1. The van der Waals surface area contributed by atoms with Crippen LogP contribution in [0.3, 0.4) is 0 Å². The number of aliphatic hydroxyl groups excluding tert-OH is 1. The minimum absolute atomic E-state index is 0.0111. The lowest BCUT2D eigenvalue weighted by molar-refractivity contribution is -0.134. The van der Waals surface area contributed by atoms with E-state index in [4.69, 9.17) is 4.74 Å². The predicted molar refractivity (Wildman–Crippen MR) is 146 cm³/mol. The molecule has 1 aliphatic heterocycles. The summed E-state index contributed by atoms with van der Waals surface area (Å²) in [7, 11) is 2.02. The van der Waals surface area contributed by atoms with Crippen LogP contribution in [-0.4, -0.2) is 81.7 Å². The molecular formula is C28H42N6O4. The van der Waals surface area contributed by atoms with Gasteiger partial charge >= 0.3 is 6.03 Å². The molecule has 4 N–H and O–H groups in total. The Morgan fingerprint density at radius 3 is 2.82 bits per heavy atom. The van der Waals surface area contributed by atoms with E-state index in [1.807, 2.05) is 32.2 Å². The lowest BCUT2D eigenvalue weighted by Crippen LogP contribution is -2.47. The lowest BCUT2D eigenvalue weighted by Gasteiger charge is -2.34. The van der Waals surface area contributed by atoms with Crippen molar-refractivity contribution < 1.29 is 19.4 Å². The van der Waals surface area contributed by atoms with Crippen LogP contribution in [0.25, 0.3) is 0 Å². The number of hydrogen-bond donors (Lipinski definition) is 4. The highest BCUT2D eigenvalue weighted by molar-refractivity contribution is 5.90. The number of aliphatic hydroxyl groups is 1. The number of imidazole rings is 1. The lowest BCUT2D eigenvalue weighted by atomic mass is 9.96. The van der Waals surface area contributed by atoms with E-state index in [1.54, 1.807) is 17.3 Å². The third kappa shape index (κ3) is 7.48. The number of aromatic amines is 1. The van der Waals surface area contributed by atoms with Gasteiger partial charge in [0, 0.05) is 48.7 Å². The molecule has 1 aromatic heterocycles. The number of urea groups is 1. The second kappa shape index (κ2) is 13.1. The average Bonchev–Trinajstić information content (AvgIpc) is 3.41. The molecule has 3 unspecified atom stereocenters. The van der Waals surface area contributed by atoms with E-state index >= 15 is 0 Å². The van der Waals surface area contributed by atoms with Crippen molar-refractivity contribution in [3.63, 3.8) is 0 Å². The number of rotatable bonds is 8. The van der Waals surface area contributed by atoms with Gasteiger partial charge in [-0.15, -0.1) is 0 Å². The fourth-order valence-electron chi connectivity index (χ4n) is 5.34. The highest BCUT2D eigenvalue weighted by Crippen LogP contribution is 2.29. The number of nitrogens with zero attached hydrogens (tertiary/aromatic N) is 3. The third-order valence-electron chi connectivity index (χ3n) is 7.58. The number of benzene rings is 1. The van der Waals surface area contributed by atoms with Crippen LogP contribution in [0.5, 0.6) is 5.75 Å². The highest BCUT2D eigenvalue weighted by Gasteiger charge is 2.31. The van der Waals surface area contributed by atoms with Crippen molar-refractivity contribution >= 4 is 17.6 Å². The molecule has 3 amide bonds. The number of carbonyl (C=O) groups is 2. The van der Waals surface area contributed by atoms with Crippen molar-refractivity contribution in [3.05, 3.63) is 42.0 Å². The van der Waals surface area contributed by atoms with Crippen LogP contribution >= 0.6 is 0 Å². The zero-order valence-electron chi connectivity index (χ0n) is 22.8. The number of carbonyl (C=O) groups excluding carboxylic acids is 2. The van der Waals surface area contributed by atoms with Gasteiger partial charge in [-0.1, -0.05) is 26.2 Å². The van der Waals surface area contributed by atoms with Gasteiger partial charge in [0.25, 0.3) is 0 Å². The first-order chi connectivity index (χ1) is 18.3. The quantitative estimate of drug-likeness (QED) is 0.419. The molecule has 2 aromatic rings. The Kier molecular flexibility index (Phi) is 9.63. The molecule has 38 heavy (non-hydrogen) atoms. The summed E-state index contributed by atoms with van der Waals surface area (Å²) in [5.74, 6) is 1.45. The second-order valence-electron chi connectivity index (χ2n) is 10.9. The molecule has 2 aliphatic rings. The van der Waals surface area contributed by atoms with Crippen LogP contribution in [0, 0.1) is 5.92 Å². The monoisotopic (exact) mass is 526 g/mol. The normalized spacial score (nSPS) is 21.6. The highest BCUT2D eigenvalue weighted by atomic mass is 16.5. The van der Waals surface area contributed by atoms with Gasteiger partial charge in [0.15, 0.2) is 0 Å². The Balaban J connectivity index is 1.53. The molecule has 2 heterocycles. The summed E-state index contributed by atoms with van der Waals surface area (Å²) >= 11 is 0. The Morgan fingerprint density at radius 1 is 1.32 bits per heavy atom. The Hall–Kier alpha value is -3.11. The van der Waals surface area contributed by atoms with Gasteiger partial charge < -0.3 is 30.4 Å². The third-order valence-corrected chi connectivity index (χ3v) is 7.58. The maximum Gasteiger partial charge on any atom is 0.319 e. The molecule has 0 saturated heterocycles. The van der Waals surface area contributed by atoms with Gasteiger partial charge in [0.1, 0.15) is 17.7 Å². The standard InChI is InChI=1S/C28H42N6O4/c1-19-15-34(20(2)18-35)27(36)14-21-13-23(32-28(37)31-22-7-5-4-6-8-22)9-10-24(21)38-25(19)16-33(3)17-26-29-11-12-30-26/h9-13,19-20,22,25,35H,4-8,14-18H2,1-3H3,(H,29,30)(H2,31,32,37). The molecule has 3 atom stereocenters. The fourth-order valence-corrected chi connectivity index (χ4v) is 5.34. The molecule has 1 aromatic carbocycles. The fraction of sp³-hybridized carbons (Fsp3) is 0.607. The van der Waals surface area contributed by atoms with Crippen LogP contribution in [0.1, 0.15) is 57.3 Å². The van der Waals surface area contributed by atoms with Crippen LogP contribution < -0.4 is 15.4 Å². The van der Waals surface area contributed by atoms with Crippen LogP contribution in [0.15, 0.2) is 30.6 Å². The summed E-state index contributed by atoms with van der Waals surface area (Å²) in [6.07, 6.45) is 8.98. The Labute approximate surface area is 225 Å². The van der Waals surface area contributed by atoms with Crippen molar-refractivity contribution in [1.29, 1.82) is 0 Å². The van der Waals surface area contributed by atoms with Crippen molar-refractivity contribution in [3.8, 4) is 5.75 Å². The van der Waals surface area contributed by atoms with E-state index in [-0.39, 0.29) is 49.1 Å². The van der Waals surface area contributed by atoms with Crippen molar-refractivity contribution in [1.82, 2.24) is 25.1 Å². The van der Waals surface area contributed by atoms with Gasteiger partial charge in [-0.3, -0.25) is 9.69 Å². The maximum atomic E-state index is 13.4. The summed E-state index contributed by atoms with van der Waals surface area (Å²) in [5, 5.41) is 15.9.